The molecular formula is C18H15N3OS2. The lowest BCUT2D eigenvalue weighted by Crippen LogP contribution is -2.19. The molecular weight excluding hydrogens is 338 g/mol. The molecule has 24 heavy (non-hydrogen) atoms. The number of aliphatic imine (C=N–C) groups is 1. The van der Waals surface area contributed by atoms with E-state index in [1.807, 2.05) is 48.0 Å². The summed E-state index contributed by atoms with van der Waals surface area (Å²) >= 11 is 2.95. The molecule has 1 fully saturated rings. The first-order valence-electron chi connectivity index (χ1n) is 7.27. The van der Waals surface area contributed by atoms with Crippen LogP contribution in [0.15, 0.2) is 76.6 Å². The van der Waals surface area contributed by atoms with Crippen molar-refractivity contribution in [3.8, 4) is 0 Å². The van der Waals surface area contributed by atoms with Crippen LogP contribution in [0, 0.1) is 0 Å². The summed E-state index contributed by atoms with van der Waals surface area (Å²) in [6.45, 7) is 4.22. The van der Waals surface area contributed by atoms with Crippen LogP contribution in [0.1, 0.15) is 4.88 Å². The number of aromatic nitrogens is 1. The summed E-state index contributed by atoms with van der Waals surface area (Å²) in [7, 11) is 0. The Morgan fingerprint density at radius 3 is 2.67 bits per heavy atom. The molecule has 0 aliphatic carbocycles. The number of rotatable bonds is 2. The number of hydrogen-bond donors (Lipinski definition) is 1. The topological polar surface area (TPSA) is 54.4 Å². The van der Waals surface area contributed by atoms with Gasteiger partial charge in [0.05, 0.1) is 17.0 Å². The van der Waals surface area contributed by atoms with E-state index in [2.05, 4.69) is 34.0 Å². The fourth-order valence-electron chi connectivity index (χ4n) is 2.00. The standard InChI is InChI=1S/C9H8N2OS2.C9H7N/c1-6-8(12)11-9(14-6)10-5-7-3-2-4-13-7;1-2-6-9-8(4-1)5-3-7-10-9/h2-4H,1,5H2,(H,10,11,12);1-7H. The van der Waals surface area contributed by atoms with Gasteiger partial charge in [-0.25, -0.2) is 0 Å². The Labute approximate surface area is 148 Å². The van der Waals surface area contributed by atoms with Crippen LogP contribution in [0.3, 0.4) is 0 Å². The number of amidine groups is 1. The quantitative estimate of drug-likeness (QED) is 0.702. The largest absolute Gasteiger partial charge is 0.301 e. The van der Waals surface area contributed by atoms with E-state index >= 15 is 0 Å². The lowest BCUT2D eigenvalue weighted by molar-refractivity contribution is -0.115. The van der Waals surface area contributed by atoms with Crippen molar-refractivity contribution >= 4 is 45.1 Å². The average Bonchev–Trinajstić information content (AvgIpc) is 3.24. The van der Waals surface area contributed by atoms with Crippen molar-refractivity contribution in [2.75, 3.05) is 0 Å². The molecule has 6 heteroatoms. The zero-order chi connectivity index (χ0) is 16.8. The highest BCUT2D eigenvalue weighted by Crippen LogP contribution is 2.21. The molecule has 0 saturated carbocycles. The van der Waals surface area contributed by atoms with Crippen LogP contribution in [0.2, 0.25) is 0 Å². The Hall–Kier alpha value is -2.44. The molecule has 1 saturated heterocycles. The summed E-state index contributed by atoms with van der Waals surface area (Å²) in [6.07, 6.45) is 1.81. The zero-order valence-corrected chi connectivity index (χ0v) is 14.4. The van der Waals surface area contributed by atoms with Gasteiger partial charge in [-0.3, -0.25) is 14.8 Å². The molecule has 2 aromatic heterocycles. The number of para-hydroxylation sites is 1. The van der Waals surface area contributed by atoms with Crippen molar-refractivity contribution in [2.24, 2.45) is 4.99 Å². The summed E-state index contributed by atoms with van der Waals surface area (Å²) < 4.78 is 0. The molecule has 3 heterocycles. The molecule has 0 atom stereocenters. The maximum atomic E-state index is 11.0. The average molecular weight is 353 g/mol. The van der Waals surface area contributed by atoms with Crippen molar-refractivity contribution in [2.45, 2.75) is 6.54 Å². The van der Waals surface area contributed by atoms with Gasteiger partial charge in [0.15, 0.2) is 5.17 Å². The molecule has 0 radical (unpaired) electrons. The minimum Gasteiger partial charge on any atom is -0.301 e. The molecule has 0 bridgehead atoms. The summed E-state index contributed by atoms with van der Waals surface area (Å²) in [6, 6.07) is 16.1. The number of carbonyl (C=O) groups is 1. The van der Waals surface area contributed by atoms with E-state index in [-0.39, 0.29) is 5.91 Å². The molecule has 0 spiro atoms. The van der Waals surface area contributed by atoms with Gasteiger partial charge in [0.2, 0.25) is 0 Å². The van der Waals surface area contributed by atoms with E-state index in [4.69, 9.17) is 0 Å². The molecule has 3 aromatic rings. The van der Waals surface area contributed by atoms with Gasteiger partial charge in [-0.1, -0.05) is 36.9 Å². The number of thiophene rings is 1. The van der Waals surface area contributed by atoms with Crippen LogP contribution in [0.5, 0.6) is 0 Å². The molecule has 1 aromatic carbocycles. The molecule has 4 rings (SSSR count). The fourth-order valence-corrected chi connectivity index (χ4v) is 3.27. The van der Waals surface area contributed by atoms with Crippen molar-refractivity contribution < 1.29 is 4.79 Å². The molecule has 0 unspecified atom stereocenters. The highest BCUT2D eigenvalue weighted by Gasteiger charge is 2.20. The van der Waals surface area contributed by atoms with E-state index < -0.39 is 0 Å². The Kier molecular flexibility index (Phi) is 5.40. The summed E-state index contributed by atoms with van der Waals surface area (Å²) in [4.78, 5) is 21.2. The number of fused-ring (bicyclic) bond motifs is 1. The summed E-state index contributed by atoms with van der Waals surface area (Å²) in [5.41, 5.74) is 1.06. The lowest BCUT2D eigenvalue weighted by atomic mass is 10.2. The van der Waals surface area contributed by atoms with E-state index in [0.717, 1.165) is 5.52 Å². The second-order valence-electron chi connectivity index (χ2n) is 4.88. The van der Waals surface area contributed by atoms with E-state index in [1.165, 1.54) is 22.0 Å². The fraction of sp³-hybridized carbons (Fsp3) is 0.0556. The number of nitrogens with one attached hydrogen (secondary N) is 1. The van der Waals surface area contributed by atoms with Gasteiger partial charge in [-0.2, -0.15) is 0 Å². The third-order valence-corrected chi connectivity index (χ3v) is 4.88. The molecule has 4 nitrogen and oxygen atoms in total. The maximum Gasteiger partial charge on any atom is 0.263 e. The van der Waals surface area contributed by atoms with E-state index in [0.29, 0.717) is 16.6 Å². The number of thioether (sulfide) groups is 1. The van der Waals surface area contributed by atoms with Gasteiger partial charge < -0.3 is 5.32 Å². The Morgan fingerprint density at radius 2 is 1.96 bits per heavy atom. The number of carbonyl (C=O) groups excluding carboxylic acids is 1. The van der Waals surface area contributed by atoms with E-state index in [9.17, 15) is 4.79 Å². The van der Waals surface area contributed by atoms with Crippen LogP contribution in [-0.2, 0) is 11.3 Å². The lowest BCUT2D eigenvalue weighted by Gasteiger charge is -1.93. The normalized spacial score (nSPS) is 15.2. The van der Waals surface area contributed by atoms with Gasteiger partial charge in [0.25, 0.3) is 5.91 Å². The first kappa shape index (κ1) is 16.4. The molecule has 1 aliphatic heterocycles. The SMILES string of the molecule is C=C1SC(=NCc2cccs2)NC1=O.c1ccc2ncccc2c1. The Morgan fingerprint density at radius 1 is 1.12 bits per heavy atom. The van der Waals surface area contributed by atoms with Crippen molar-refractivity contribution in [3.63, 3.8) is 0 Å². The second kappa shape index (κ2) is 7.90. The van der Waals surface area contributed by atoms with Crippen LogP contribution >= 0.6 is 23.1 Å². The van der Waals surface area contributed by atoms with Crippen LogP contribution in [-0.4, -0.2) is 16.1 Å². The Balaban J connectivity index is 0.000000149. The first-order chi connectivity index (χ1) is 11.7. The highest BCUT2D eigenvalue weighted by molar-refractivity contribution is 8.18. The van der Waals surface area contributed by atoms with Gasteiger partial charge in [-0.15, -0.1) is 11.3 Å². The van der Waals surface area contributed by atoms with Crippen LogP contribution < -0.4 is 5.32 Å². The number of benzene rings is 1. The van der Waals surface area contributed by atoms with Crippen LogP contribution in [0.25, 0.3) is 10.9 Å². The molecule has 120 valence electrons. The van der Waals surface area contributed by atoms with Gasteiger partial charge >= 0.3 is 0 Å². The smallest absolute Gasteiger partial charge is 0.263 e. The van der Waals surface area contributed by atoms with Gasteiger partial charge in [0, 0.05) is 16.5 Å². The monoisotopic (exact) mass is 353 g/mol. The number of hydrogen-bond acceptors (Lipinski definition) is 5. The molecule has 1 amide bonds. The van der Waals surface area contributed by atoms with Crippen molar-refractivity contribution in [3.05, 3.63) is 76.5 Å². The maximum absolute atomic E-state index is 11.0. The van der Waals surface area contributed by atoms with Gasteiger partial charge in [-0.05, 0) is 35.3 Å². The van der Waals surface area contributed by atoms with E-state index in [1.54, 1.807) is 11.3 Å². The zero-order valence-electron chi connectivity index (χ0n) is 12.8. The predicted molar refractivity (Wildman–Crippen MR) is 102 cm³/mol. The number of pyridine rings is 1. The van der Waals surface area contributed by atoms with Gasteiger partial charge in [0.1, 0.15) is 0 Å². The second-order valence-corrected chi connectivity index (χ2v) is 6.99. The minimum absolute atomic E-state index is 0.139. The molecule has 1 aliphatic rings. The van der Waals surface area contributed by atoms with Crippen LogP contribution in [0.4, 0.5) is 0 Å². The van der Waals surface area contributed by atoms with Crippen molar-refractivity contribution in [1.29, 1.82) is 0 Å². The van der Waals surface area contributed by atoms with Crippen molar-refractivity contribution in [1.82, 2.24) is 10.3 Å². The third kappa shape index (κ3) is 4.31. The Bertz CT molecular complexity index is 805. The molecule has 1 N–H and O–H groups in total. The number of nitrogens with zero attached hydrogens (tertiary/aromatic N) is 2. The highest BCUT2D eigenvalue weighted by atomic mass is 32.2. The first-order valence-corrected chi connectivity index (χ1v) is 8.97. The summed E-state index contributed by atoms with van der Waals surface area (Å²) in [5.74, 6) is -0.139. The number of amides is 1. The third-order valence-electron chi connectivity index (χ3n) is 3.16. The summed E-state index contributed by atoms with van der Waals surface area (Å²) in [5, 5.41) is 6.50. The predicted octanol–water partition coefficient (Wildman–Crippen LogP) is 4.22. The minimum atomic E-state index is -0.139.